The Morgan fingerprint density at radius 1 is 1.33 bits per heavy atom. The first-order valence-electron chi connectivity index (χ1n) is 6.37. The average molecular weight is 316 g/mol. The number of hydrogen-bond acceptors (Lipinski definition) is 3. The number of nitrogens with one attached hydrogen (secondary N) is 1. The molecule has 0 fully saturated rings. The monoisotopic (exact) mass is 315 g/mol. The van der Waals surface area contributed by atoms with Gasteiger partial charge in [0.1, 0.15) is 11.8 Å². The van der Waals surface area contributed by atoms with Crippen LogP contribution in [0.25, 0.3) is 0 Å². The highest BCUT2D eigenvalue weighted by atomic mass is 35.5. The molecule has 0 bridgehead atoms. The van der Waals surface area contributed by atoms with Crippen LogP contribution in [0.3, 0.4) is 0 Å². The van der Waals surface area contributed by atoms with Crippen LogP contribution >= 0.6 is 11.6 Å². The van der Waals surface area contributed by atoms with Crippen molar-refractivity contribution in [2.24, 2.45) is 7.05 Å². The normalized spacial score (nSPS) is 11.0. The van der Waals surface area contributed by atoms with E-state index in [1.165, 1.54) is 16.8 Å². The van der Waals surface area contributed by atoms with Gasteiger partial charge in [-0.25, -0.2) is 8.78 Å². The number of halogens is 3. The van der Waals surface area contributed by atoms with Gasteiger partial charge in [0.25, 0.3) is 0 Å². The Labute approximate surface area is 126 Å². The number of ether oxygens (including phenoxy) is 1. The van der Waals surface area contributed by atoms with Gasteiger partial charge in [0.2, 0.25) is 0 Å². The summed E-state index contributed by atoms with van der Waals surface area (Å²) in [5.41, 5.74) is 1.78. The molecule has 7 heteroatoms. The second-order valence-corrected chi connectivity index (χ2v) is 5.04. The number of aryl methyl sites for hydroxylation is 2. The highest BCUT2D eigenvalue weighted by Crippen LogP contribution is 2.26. The first-order chi connectivity index (χ1) is 9.93. The number of nitrogens with zero attached hydrogens (tertiary/aromatic N) is 2. The van der Waals surface area contributed by atoms with Gasteiger partial charge < -0.3 is 10.1 Å². The van der Waals surface area contributed by atoms with Crippen LogP contribution in [0.5, 0.6) is 5.75 Å². The number of hydrogen-bond donors (Lipinski definition) is 1. The Morgan fingerprint density at radius 3 is 2.43 bits per heavy atom. The molecule has 0 atom stereocenters. The maximum atomic E-state index is 13.9. The number of benzene rings is 1. The highest BCUT2D eigenvalue weighted by Gasteiger charge is 2.16. The van der Waals surface area contributed by atoms with E-state index >= 15 is 0 Å². The molecule has 21 heavy (non-hydrogen) atoms. The fraction of sp³-hybridized carbons (Fsp3) is 0.357. The summed E-state index contributed by atoms with van der Waals surface area (Å²) in [6.07, 6.45) is 0. The summed E-state index contributed by atoms with van der Waals surface area (Å²) in [6, 6.07) is 2.49. The van der Waals surface area contributed by atoms with Crippen LogP contribution in [0.4, 0.5) is 8.78 Å². The molecule has 0 saturated carbocycles. The van der Waals surface area contributed by atoms with Gasteiger partial charge >= 0.3 is 0 Å². The van der Waals surface area contributed by atoms with Gasteiger partial charge in [-0.15, -0.1) is 0 Å². The van der Waals surface area contributed by atoms with Crippen molar-refractivity contribution >= 4 is 11.6 Å². The third kappa shape index (κ3) is 3.33. The Bertz CT molecular complexity index is 635. The van der Waals surface area contributed by atoms with Crippen molar-refractivity contribution in [1.82, 2.24) is 15.1 Å². The maximum absolute atomic E-state index is 13.9. The van der Waals surface area contributed by atoms with Crippen LogP contribution < -0.4 is 10.1 Å². The molecule has 114 valence electrons. The fourth-order valence-corrected chi connectivity index (χ4v) is 2.27. The quantitative estimate of drug-likeness (QED) is 0.922. The van der Waals surface area contributed by atoms with E-state index in [1.807, 2.05) is 0 Å². The Hall–Kier alpha value is -1.66. The second kappa shape index (κ2) is 6.41. The van der Waals surface area contributed by atoms with Gasteiger partial charge in [-0.2, -0.15) is 5.10 Å². The van der Waals surface area contributed by atoms with E-state index in [-0.39, 0.29) is 6.61 Å². The van der Waals surface area contributed by atoms with E-state index < -0.39 is 17.4 Å². The molecule has 0 aliphatic rings. The first-order valence-corrected chi connectivity index (χ1v) is 6.75. The van der Waals surface area contributed by atoms with Crippen molar-refractivity contribution in [3.8, 4) is 5.75 Å². The highest BCUT2D eigenvalue weighted by molar-refractivity contribution is 6.30. The minimum atomic E-state index is -0.738. The summed E-state index contributed by atoms with van der Waals surface area (Å²) >= 11 is 6.05. The van der Waals surface area contributed by atoms with Gasteiger partial charge in [-0.1, -0.05) is 11.6 Å². The van der Waals surface area contributed by atoms with E-state index in [4.69, 9.17) is 16.3 Å². The molecule has 1 aromatic carbocycles. The molecule has 0 radical (unpaired) electrons. The van der Waals surface area contributed by atoms with Gasteiger partial charge in [0.05, 0.1) is 5.69 Å². The van der Waals surface area contributed by atoms with Gasteiger partial charge in [0, 0.05) is 19.2 Å². The van der Waals surface area contributed by atoms with Crippen molar-refractivity contribution in [2.75, 3.05) is 7.05 Å². The number of rotatable bonds is 5. The molecule has 2 aromatic rings. The molecule has 1 N–H and O–H groups in total. The van der Waals surface area contributed by atoms with Crippen molar-refractivity contribution in [3.05, 3.63) is 45.7 Å². The van der Waals surface area contributed by atoms with Gasteiger partial charge in [-0.3, -0.25) is 4.68 Å². The summed E-state index contributed by atoms with van der Waals surface area (Å²) in [5, 5.41) is 7.33. The van der Waals surface area contributed by atoms with Crippen LogP contribution in [0.1, 0.15) is 16.8 Å². The minimum Gasteiger partial charge on any atom is -0.483 e. The summed E-state index contributed by atoms with van der Waals surface area (Å²) in [4.78, 5) is 0. The second-order valence-electron chi connectivity index (χ2n) is 4.69. The molecule has 0 aliphatic heterocycles. The van der Waals surface area contributed by atoms with E-state index in [2.05, 4.69) is 10.4 Å². The molecule has 1 aromatic heterocycles. The van der Waals surface area contributed by atoms with E-state index in [0.29, 0.717) is 28.5 Å². The van der Waals surface area contributed by atoms with Crippen LogP contribution in [-0.4, -0.2) is 16.8 Å². The molecular weight excluding hydrogens is 300 g/mol. The predicted octanol–water partition coefficient (Wildman–Crippen LogP) is 2.96. The molecular formula is C14H16ClF2N3O. The van der Waals surface area contributed by atoms with E-state index in [9.17, 15) is 8.78 Å². The van der Waals surface area contributed by atoms with E-state index in [0.717, 1.165) is 0 Å². The summed E-state index contributed by atoms with van der Waals surface area (Å²) in [5.74, 6) is -1.88. The summed E-state index contributed by atoms with van der Waals surface area (Å²) < 4.78 is 34.5. The van der Waals surface area contributed by atoms with Crippen LogP contribution in [-0.2, 0) is 20.2 Å². The van der Waals surface area contributed by atoms with Crippen LogP contribution in [0, 0.1) is 18.6 Å². The minimum absolute atomic E-state index is 0.0439. The standard InChI is InChI=1S/C14H16ClF2N3O/c1-8-10(14(15)20(3)19-8)7-21-13-11(16)4-9(6-18-2)5-12(13)17/h4-5,18H,6-7H2,1-3H3. The van der Waals surface area contributed by atoms with Crippen molar-refractivity contribution in [3.63, 3.8) is 0 Å². The smallest absolute Gasteiger partial charge is 0.191 e. The molecule has 4 nitrogen and oxygen atoms in total. The molecule has 0 saturated heterocycles. The summed E-state index contributed by atoms with van der Waals surface area (Å²) in [7, 11) is 3.39. The molecule has 2 rings (SSSR count). The van der Waals surface area contributed by atoms with Crippen molar-refractivity contribution in [1.29, 1.82) is 0 Å². The first kappa shape index (κ1) is 15.7. The predicted molar refractivity (Wildman–Crippen MR) is 76.4 cm³/mol. The van der Waals surface area contributed by atoms with Gasteiger partial charge in [-0.05, 0) is 31.7 Å². The number of aromatic nitrogens is 2. The Balaban J connectivity index is 2.20. The average Bonchev–Trinajstić information content (AvgIpc) is 2.64. The van der Waals surface area contributed by atoms with E-state index in [1.54, 1.807) is 21.0 Å². The lowest BCUT2D eigenvalue weighted by molar-refractivity contribution is 0.273. The molecule has 0 amide bonds. The third-order valence-electron chi connectivity index (χ3n) is 3.07. The molecule has 0 aliphatic carbocycles. The zero-order valence-corrected chi connectivity index (χ0v) is 12.8. The fourth-order valence-electron chi connectivity index (χ4n) is 2.04. The lowest BCUT2D eigenvalue weighted by Crippen LogP contribution is -2.07. The molecule has 1 heterocycles. The zero-order chi connectivity index (χ0) is 15.6. The van der Waals surface area contributed by atoms with Gasteiger partial charge in [0.15, 0.2) is 17.4 Å². The molecule has 0 spiro atoms. The van der Waals surface area contributed by atoms with Crippen LogP contribution in [0.2, 0.25) is 5.15 Å². The Kier molecular flexibility index (Phi) is 4.80. The molecule has 0 unspecified atom stereocenters. The SMILES string of the molecule is CNCc1cc(F)c(OCc2c(C)nn(C)c2Cl)c(F)c1. The Morgan fingerprint density at radius 2 is 1.95 bits per heavy atom. The lowest BCUT2D eigenvalue weighted by atomic mass is 10.2. The van der Waals surface area contributed by atoms with Crippen molar-refractivity contribution < 1.29 is 13.5 Å². The van der Waals surface area contributed by atoms with Crippen LogP contribution in [0.15, 0.2) is 12.1 Å². The maximum Gasteiger partial charge on any atom is 0.191 e. The van der Waals surface area contributed by atoms with Crippen molar-refractivity contribution in [2.45, 2.75) is 20.1 Å². The lowest BCUT2D eigenvalue weighted by Gasteiger charge is -2.10. The summed E-state index contributed by atoms with van der Waals surface area (Å²) in [6.45, 7) is 2.09. The zero-order valence-electron chi connectivity index (χ0n) is 12.0. The topological polar surface area (TPSA) is 39.1 Å². The third-order valence-corrected chi connectivity index (χ3v) is 3.54. The largest absolute Gasteiger partial charge is 0.483 e.